The number of nitrogens with zero attached hydrogens (tertiary/aromatic N) is 4. The molecule has 0 aromatic carbocycles. The largest absolute Gasteiger partial charge is 0.433 e. The van der Waals surface area contributed by atoms with Crippen LogP contribution in [-0.4, -0.2) is 51.4 Å². The summed E-state index contributed by atoms with van der Waals surface area (Å²) in [5.74, 6) is 0.270. The number of likely N-dealkylation sites (tertiary alicyclic amines) is 1. The molecule has 2 aromatic heterocycles. The Labute approximate surface area is 160 Å². The zero-order valence-corrected chi connectivity index (χ0v) is 15.5. The van der Waals surface area contributed by atoms with Crippen LogP contribution in [0.2, 0.25) is 0 Å². The van der Waals surface area contributed by atoms with Crippen LogP contribution in [0.1, 0.15) is 41.5 Å². The van der Waals surface area contributed by atoms with Crippen molar-refractivity contribution in [3.63, 3.8) is 0 Å². The summed E-state index contributed by atoms with van der Waals surface area (Å²) >= 11 is 0. The molecule has 0 unspecified atom stereocenters. The topological polar surface area (TPSA) is 65.1 Å². The van der Waals surface area contributed by atoms with Gasteiger partial charge in [-0.1, -0.05) is 6.92 Å². The van der Waals surface area contributed by atoms with Crippen molar-refractivity contribution in [1.29, 1.82) is 0 Å². The second-order valence-corrected chi connectivity index (χ2v) is 7.34. The Morgan fingerprint density at radius 1 is 1.32 bits per heavy atom. The molecule has 0 aliphatic carbocycles. The fourth-order valence-corrected chi connectivity index (χ4v) is 4.31. The molecule has 2 fully saturated rings. The van der Waals surface area contributed by atoms with E-state index < -0.39 is 11.9 Å². The van der Waals surface area contributed by atoms with E-state index in [9.17, 15) is 18.0 Å². The van der Waals surface area contributed by atoms with Crippen molar-refractivity contribution >= 4 is 11.9 Å². The molecular weight excluding hydrogens is 371 g/mol. The molecule has 28 heavy (non-hydrogen) atoms. The van der Waals surface area contributed by atoms with Gasteiger partial charge in [0.25, 0.3) is 5.91 Å². The van der Waals surface area contributed by atoms with Crippen molar-refractivity contribution in [1.82, 2.24) is 19.9 Å². The van der Waals surface area contributed by atoms with E-state index in [1.807, 2.05) is 16.7 Å². The fraction of sp³-hybridized carbons (Fsp3) is 0.526. The molecule has 0 radical (unpaired) electrons. The number of carbonyl (C=O) groups excluding carboxylic acids is 1. The van der Waals surface area contributed by atoms with Gasteiger partial charge < -0.3 is 14.8 Å². The lowest BCUT2D eigenvalue weighted by molar-refractivity contribution is -0.141. The summed E-state index contributed by atoms with van der Waals surface area (Å²) in [6.45, 7) is 3.65. The molecular formula is C19H22F3N5O. The van der Waals surface area contributed by atoms with Crippen LogP contribution in [0.15, 0.2) is 24.5 Å². The number of aromatic nitrogens is 3. The van der Waals surface area contributed by atoms with E-state index in [-0.39, 0.29) is 23.8 Å². The van der Waals surface area contributed by atoms with Crippen LogP contribution in [-0.2, 0) is 12.6 Å². The minimum atomic E-state index is -4.50. The van der Waals surface area contributed by atoms with E-state index in [2.05, 4.69) is 15.0 Å². The Morgan fingerprint density at radius 3 is 2.89 bits per heavy atom. The van der Waals surface area contributed by atoms with Gasteiger partial charge in [0.1, 0.15) is 5.69 Å². The van der Waals surface area contributed by atoms with Crippen molar-refractivity contribution < 1.29 is 18.0 Å². The number of hydrogen-bond acceptors (Lipinski definition) is 4. The second kappa shape index (κ2) is 7.10. The first kappa shape index (κ1) is 18.8. The number of aromatic amines is 1. The summed E-state index contributed by atoms with van der Waals surface area (Å²) in [5, 5.41) is 0. The number of H-pyrrole nitrogens is 1. The van der Waals surface area contributed by atoms with E-state index in [1.165, 1.54) is 0 Å². The van der Waals surface area contributed by atoms with Crippen LogP contribution in [0.4, 0.5) is 19.1 Å². The second-order valence-electron chi connectivity index (χ2n) is 7.34. The van der Waals surface area contributed by atoms with Gasteiger partial charge in [-0.15, -0.1) is 0 Å². The fourth-order valence-electron chi connectivity index (χ4n) is 4.31. The number of carbonyl (C=O) groups is 1. The summed E-state index contributed by atoms with van der Waals surface area (Å²) < 4.78 is 39.1. The minimum absolute atomic E-state index is 0.0302. The third-order valence-corrected chi connectivity index (χ3v) is 5.67. The molecule has 2 saturated heterocycles. The molecule has 2 atom stereocenters. The van der Waals surface area contributed by atoms with Gasteiger partial charge in [0.15, 0.2) is 0 Å². The zero-order valence-electron chi connectivity index (χ0n) is 15.5. The van der Waals surface area contributed by atoms with Crippen molar-refractivity contribution in [2.45, 2.75) is 38.4 Å². The molecule has 150 valence electrons. The van der Waals surface area contributed by atoms with Crippen LogP contribution >= 0.6 is 0 Å². The molecule has 9 heteroatoms. The first-order chi connectivity index (χ1) is 13.4. The van der Waals surface area contributed by atoms with Crippen LogP contribution < -0.4 is 4.90 Å². The molecule has 1 amide bonds. The predicted octanol–water partition coefficient (Wildman–Crippen LogP) is 3.13. The van der Waals surface area contributed by atoms with E-state index >= 15 is 0 Å². The number of alkyl halides is 3. The first-order valence-corrected chi connectivity index (χ1v) is 9.51. The molecule has 0 bridgehead atoms. The van der Waals surface area contributed by atoms with Gasteiger partial charge in [-0.05, 0) is 37.3 Å². The maximum Gasteiger partial charge on any atom is 0.433 e. The summed E-state index contributed by atoms with van der Waals surface area (Å²) in [5.41, 5.74) is 0.631. The molecule has 2 aromatic rings. The molecule has 2 aliphatic heterocycles. The third kappa shape index (κ3) is 3.33. The highest BCUT2D eigenvalue weighted by Gasteiger charge is 2.43. The Bertz CT molecular complexity index is 865. The molecule has 0 spiro atoms. The van der Waals surface area contributed by atoms with Crippen LogP contribution in [0, 0.1) is 5.92 Å². The Morgan fingerprint density at radius 2 is 2.14 bits per heavy atom. The normalized spacial score (nSPS) is 22.4. The van der Waals surface area contributed by atoms with Gasteiger partial charge in [0.2, 0.25) is 5.95 Å². The lowest BCUT2D eigenvalue weighted by Gasteiger charge is -2.36. The number of nitrogens with one attached hydrogen (secondary N) is 1. The number of hydrogen-bond donors (Lipinski definition) is 1. The standard InChI is InChI=1S/C19H22F3N5O/c1-2-14-13(5-7-23-14)17(28)26-10-12-4-3-9-27(15(12)11-26)18-24-8-6-16(25-18)19(20,21)22/h5-8,12,15,23H,2-4,9-11H2,1H3/t12-,15+/m0/s1. The zero-order chi connectivity index (χ0) is 19.9. The lowest BCUT2D eigenvalue weighted by atomic mass is 9.92. The Hall–Kier alpha value is -2.58. The van der Waals surface area contributed by atoms with Gasteiger partial charge in [0, 0.05) is 37.7 Å². The SMILES string of the molecule is CCc1[nH]ccc1C(=O)N1C[C@@H]2CCCN(c3nccc(C(F)(F)F)n3)[C@@H]2C1. The van der Waals surface area contributed by atoms with Crippen LogP contribution in [0.5, 0.6) is 0 Å². The molecule has 0 saturated carbocycles. The predicted molar refractivity (Wildman–Crippen MR) is 97.0 cm³/mol. The molecule has 6 nitrogen and oxygen atoms in total. The van der Waals surface area contributed by atoms with Gasteiger partial charge >= 0.3 is 6.18 Å². The highest BCUT2D eigenvalue weighted by Crippen LogP contribution is 2.35. The van der Waals surface area contributed by atoms with Gasteiger partial charge in [-0.3, -0.25) is 4.79 Å². The molecule has 4 rings (SSSR count). The third-order valence-electron chi connectivity index (χ3n) is 5.67. The van der Waals surface area contributed by atoms with Gasteiger partial charge in [0.05, 0.1) is 11.6 Å². The molecule has 4 heterocycles. The average molecular weight is 393 g/mol. The van der Waals surface area contributed by atoms with E-state index in [4.69, 9.17) is 0 Å². The number of rotatable bonds is 3. The number of piperidine rings is 1. The first-order valence-electron chi connectivity index (χ1n) is 9.51. The summed E-state index contributed by atoms with van der Waals surface area (Å²) in [6, 6.07) is 2.61. The number of aryl methyl sites for hydroxylation is 1. The minimum Gasteiger partial charge on any atom is -0.364 e. The number of halogens is 3. The van der Waals surface area contributed by atoms with Crippen molar-refractivity contribution in [2.24, 2.45) is 5.92 Å². The van der Waals surface area contributed by atoms with Crippen molar-refractivity contribution in [3.05, 3.63) is 41.5 Å². The maximum atomic E-state index is 13.0. The van der Waals surface area contributed by atoms with Crippen LogP contribution in [0.3, 0.4) is 0 Å². The van der Waals surface area contributed by atoms with Crippen molar-refractivity contribution in [2.75, 3.05) is 24.5 Å². The van der Waals surface area contributed by atoms with E-state index in [0.717, 1.165) is 37.2 Å². The number of fused-ring (bicyclic) bond motifs is 1. The maximum absolute atomic E-state index is 13.0. The van der Waals surface area contributed by atoms with E-state index in [0.29, 0.717) is 25.2 Å². The summed E-state index contributed by atoms with van der Waals surface area (Å²) in [7, 11) is 0. The Balaban J connectivity index is 1.56. The smallest absolute Gasteiger partial charge is 0.364 e. The summed E-state index contributed by atoms with van der Waals surface area (Å²) in [4.78, 5) is 27.6. The number of anilines is 1. The highest BCUT2D eigenvalue weighted by molar-refractivity contribution is 5.95. The molecule has 1 N–H and O–H groups in total. The highest BCUT2D eigenvalue weighted by atomic mass is 19.4. The van der Waals surface area contributed by atoms with Gasteiger partial charge in [-0.2, -0.15) is 13.2 Å². The molecule has 2 aliphatic rings. The lowest BCUT2D eigenvalue weighted by Crippen LogP contribution is -2.46. The van der Waals surface area contributed by atoms with Crippen LogP contribution in [0.25, 0.3) is 0 Å². The Kier molecular flexibility index (Phi) is 4.76. The quantitative estimate of drug-likeness (QED) is 0.870. The number of amides is 1. The van der Waals surface area contributed by atoms with Gasteiger partial charge in [-0.25, -0.2) is 9.97 Å². The van der Waals surface area contributed by atoms with E-state index in [1.54, 1.807) is 12.3 Å². The monoisotopic (exact) mass is 393 g/mol. The summed E-state index contributed by atoms with van der Waals surface area (Å²) in [6.07, 6.45) is 0.928. The van der Waals surface area contributed by atoms with Crippen molar-refractivity contribution in [3.8, 4) is 0 Å². The average Bonchev–Trinajstić information content (AvgIpc) is 3.33.